The van der Waals surface area contributed by atoms with Gasteiger partial charge in [-0.2, -0.15) is 0 Å². The summed E-state index contributed by atoms with van der Waals surface area (Å²) in [7, 11) is 1.56. The van der Waals surface area contributed by atoms with Crippen LogP contribution >= 0.6 is 0 Å². The highest BCUT2D eigenvalue weighted by Gasteiger charge is 2.07. The molecule has 4 nitrogen and oxygen atoms in total. The number of carboxylic acid groups (broad SMARTS) is 1. The molecule has 0 atom stereocenters. The molecule has 0 amide bonds. The quantitative estimate of drug-likeness (QED) is 0.804. The van der Waals surface area contributed by atoms with Crippen LogP contribution in [0.15, 0.2) is 35.0 Å². The van der Waals surface area contributed by atoms with Crippen molar-refractivity contribution in [3.05, 3.63) is 36.1 Å². The molecule has 2 aromatic rings. The molecular formula is C12H10O4. The molecule has 0 fully saturated rings. The van der Waals surface area contributed by atoms with E-state index in [1.165, 1.54) is 6.08 Å². The second-order valence-electron chi connectivity index (χ2n) is 3.19. The van der Waals surface area contributed by atoms with E-state index in [1.54, 1.807) is 31.6 Å². The molecule has 0 radical (unpaired) electrons. The summed E-state index contributed by atoms with van der Waals surface area (Å²) in [5.41, 5.74) is 1.40. The molecule has 1 N–H and O–H groups in total. The summed E-state index contributed by atoms with van der Waals surface area (Å²) < 4.78 is 10.4. The fourth-order valence-electron chi connectivity index (χ4n) is 1.53. The van der Waals surface area contributed by atoms with Gasteiger partial charge in [0.05, 0.1) is 13.4 Å². The molecule has 0 aliphatic heterocycles. The SMILES string of the molecule is COc1ccc(/C=C/C(=O)O)c2ccoc12. The Hall–Kier alpha value is -2.23. The predicted octanol–water partition coefficient (Wildman–Crippen LogP) is 2.54. The third-order valence-corrected chi connectivity index (χ3v) is 2.24. The first-order chi connectivity index (χ1) is 7.72. The maximum atomic E-state index is 10.4. The fraction of sp³-hybridized carbons (Fsp3) is 0.0833. The first-order valence-corrected chi connectivity index (χ1v) is 4.67. The van der Waals surface area contributed by atoms with E-state index >= 15 is 0 Å². The van der Waals surface area contributed by atoms with Crippen LogP contribution in [0.4, 0.5) is 0 Å². The summed E-state index contributed by atoms with van der Waals surface area (Å²) in [5.74, 6) is -0.347. The van der Waals surface area contributed by atoms with Crippen LogP contribution in [0.5, 0.6) is 5.75 Å². The van der Waals surface area contributed by atoms with Crippen LogP contribution in [-0.2, 0) is 4.79 Å². The topological polar surface area (TPSA) is 59.7 Å². The monoisotopic (exact) mass is 218 g/mol. The zero-order chi connectivity index (χ0) is 11.5. The maximum Gasteiger partial charge on any atom is 0.328 e. The van der Waals surface area contributed by atoms with Crippen LogP contribution in [0.1, 0.15) is 5.56 Å². The van der Waals surface area contributed by atoms with Gasteiger partial charge in [-0.15, -0.1) is 0 Å². The summed E-state index contributed by atoms with van der Waals surface area (Å²) in [6.07, 6.45) is 4.17. The lowest BCUT2D eigenvalue weighted by Gasteiger charge is -2.02. The Labute approximate surface area is 91.7 Å². The van der Waals surface area contributed by atoms with Crippen molar-refractivity contribution in [3.8, 4) is 5.75 Å². The molecule has 2 rings (SSSR count). The predicted molar refractivity (Wildman–Crippen MR) is 59.4 cm³/mol. The van der Waals surface area contributed by atoms with Gasteiger partial charge in [0.25, 0.3) is 0 Å². The number of fused-ring (bicyclic) bond motifs is 1. The van der Waals surface area contributed by atoms with Gasteiger partial charge in [0, 0.05) is 11.5 Å². The Bertz CT molecular complexity index is 551. The molecular weight excluding hydrogens is 208 g/mol. The molecule has 82 valence electrons. The van der Waals surface area contributed by atoms with Gasteiger partial charge in [0.2, 0.25) is 0 Å². The van der Waals surface area contributed by atoms with Gasteiger partial charge in [0.15, 0.2) is 11.3 Å². The standard InChI is InChI=1S/C12H10O4/c1-15-10-4-2-8(3-5-11(13)14)9-6-7-16-12(9)10/h2-7H,1H3,(H,13,14)/b5-3+. The van der Waals surface area contributed by atoms with Crippen molar-refractivity contribution in [2.75, 3.05) is 7.11 Å². The maximum absolute atomic E-state index is 10.4. The van der Waals surface area contributed by atoms with Gasteiger partial charge in [-0.25, -0.2) is 4.79 Å². The minimum absolute atomic E-state index is 0.620. The lowest BCUT2D eigenvalue weighted by molar-refractivity contribution is -0.131. The van der Waals surface area contributed by atoms with Crippen molar-refractivity contribution in [3.63, 3.8) is 0 Å². The lowest BCUT2D eigenvalue weighted by Crippen LogP contribution is -1.87. The lowest BCUT2D eigenvalue weighted by atomic mass is 10.1. The van der Waals surface area contributed by atoms with Gasteiger partial charge >= 0.3 is 5.97 Å². The minimum atomic E-state index is -0.979. The van der Waals surface area contributed by atoms with Crippen LogP contribution < -0.4 is 4.74 Å². The van der Waals surface area contributed by atoms with Gasteiger partial charge < -0.3 is 14.3 Å². The Kier molecular flexibility index (Phi) is 2.64. The number of benzene rings is 1. The third-order valence-electron chi connectivity index (χ3n) is 2.24. The van der Waals surface area contributed by atoms with Gasteiger partial charge in [-0.05, 0) is 23.8 Å². The molecule has 0 unspecified atom stereocenters. The molecule has 0 aliphatic rings. The molecule has 0 spiro atoms. The van der Waals surface area contributed by atoms with Crippen LogP contribution in [0.2, 0.25) is 0 Å². The average Bonchev–Trinajstić information content (AvgIpc) is 2.74. The number of rotatable bonds is 3. The fourth-order valence-corrected chi connectivity index (χ4v) is 1.53. The van der Waals surface area contributed by atoms with Crippen molar-refractivity contribution >= 4 is 23.0 Å². The molecule has 0 saturated heterocycles. The Balaban J connectivity index is 2.55. The number of hydrogen-bond donors (Lipinski definition) is 1. The number of carbonyl (C=O) groups is 1. The van der Waals surface area contributed by atoms with E-state index < -0.39 is 5.97 Å². The van der Waals surface area contributed by atoms with Crippen molar-refractivity contribution < 1.29 is 19.1 Å². The minimum Gasteiger partial charge on any atom is -0.493 e. The number of hydrogen-bond acceptors (Lipinski definition) is 3. The zero-order valence-corrected chi connectivity index (χ0v) is 8.64. The Morgan fingerprint density at radius 2 is 2.25 bits per heavy atom. The summed E-state index contributed by atoms with van der Waals surface area (Å²) >= 11 is 0. The molecule has 1 aromatic carbocycles. The molecule has 4 heteroatoms. The molecule has 16 heavy (non-hydrogen) atoms. The molecule has 1 aromatic heterocycles. The van der Waals surface area contributed by atoms with Gasteiger partial charge in [-0.1, -0.05) is 6.07 Å². The van der Waals surface area contributed by atoms with Crippen LogP contribution in [0, 0.1) is 0 Å². The van der Waals surface area contributed by atoms with Crippen molar-refractivity contribution in [1.82, 2.24) is 0 Å². The Morgan fingerprint density at radius 1 is 1.44 bits per heavy atom. The van der Waals surface area contributed by atoms with E-state index in [0.717, 1.165) is 17.0 Å². The summed E-state index contributed by atoms with van der Waals surface area (Å²) in [4.78, 5) is 10.4. The van der Waals surface area contributed by atoms with E-state index in [-0.39, 0.29) is 0 Å². The second-order valence-corrected chi connectivity index (χ2v) is 3.19. The van der Waals surface area contributed by atoms with Crippen molar-refractivity contribution in [2.45, 2.75) is 0 Å². The first kappa shape index (κ1) is 10.3. The second kappa shape index (κ2) is 4.10. The summed E-state index contributed by atoms with van der Waals surface area (Å²) in [5, 5.41) is 9.39. The molecule has 0 aliphatic carbocycles. The number of ether oxygens (including phenoxy) is 1. The van der Waals surface area contributed by atoms with E-state index in [9.17, 15) is 4.79 Å². The number of furan rings is 1. The summed E-state index contributed by atoms with van der Waals surface area (Å²) in [6.45, 7) is 0. The highest BCUT2D eigenvalue weighted by Crippen LogP contribution is 2.29. The highest BCUT2D eigenvalue weighted by molar-refractivity contribution is 5.94. The average molecular weight is 218 g/mol. The largest absolute Gasteiger partial charge is 0.493 e. The van der Waals surface area contributed by atoms with Crippen LogP contribution in [0.25, 0.3) is 17.0 Å². The van der Waals surface area contributed by atoms with Crippen LogP contribution in [-0.4, -0.2) is 18.2 Å². The molecule has 1 heterocycles. The van der Waals surface area contributed by atoms with E-state index in [1.807, 2.05) is 0 Å². The number of aliphatic carboxylic acids is 1. The highest BCUT2D eigenvalue weighted by atomic mass is 16.5. The van der Waals surface area contributed by atoms with Gasteiger partial charge in [0.1, 0.15) is 0 Å². The summed E-state index contributed by atoms with van der Waals surface area (Å²) in [6, 6.07) is 5.31. The number of methoxy groups -OCH3 is 1. The van der Waals surface area contributed by atoms with E-state index in [0.29, 0.717) is 11.3 Å². The molecule has 0 bridgehead atoms. The van der Waals surface area contributed by atoms with E-state index in [2.05, 4.69) is 0 Å². The smallest absolute Gasteiger partial charge is 0.328 e. The van der Waals surface area contributed by atoms with E-state index in [4.69, 9.17) is 14.3 Å². The normalized spacial score (nSPS) is 11.1. The van der Waals surface area contributed by atoms with Crippen molar-refractivity contribution in [1.29, 1.82) is 0 Å². The molecule has 0 saturated carbocycles. The number of carboxylic acids is 1. The van der Waals surface area contributed by atoms with Crippen LogP contribution in [0.3, 0.4) is 0 Å². The van der Waals surface area contributed by atoms with Crippen molar-refractivity contribution in [2.24, 2.45) is 0 Å². The zero-order valence-electron chi connectivity index (χ0n) is 8.64. The first-order valence-electron chi connectivity index (χ1n) is 4.67. The third kappa shape index (κ3) is 1.77. The van der Waals surface area contributed by atoms with Gasteiger partial charge in [-0.3, -0.25) is 0 Å². The Morgan fingerprint density at radius 3 is 2.94 bits per heavy atom.